The Bertz CT molecular complexity index is 1530. The summed E-state index contributed by atoms with van der Waals surface area (Å²) in [5.74, 6) is -0.755. The van der Waals surface area contributed by atoms with Crippen LogP contribution in [0.5, 0.6) is 0 Å². The number of carbonyl (C=O) groups is 1. The second-order valence-corrected chi connectivity index (χ2v) is 10.6. The fourth-order valence-corrected chi connectivity index (χ4v) is 6.06. The quantitative estimate of drug-likeness (QED) is 0.209. The predicted octanol–water partition coefficient (Wildman–Crippen LogP) is 6.93. The van der Waals surface area contributed by atoms with Crippen LogP contribution >= 0.6 is 34.7 Å². The molecule has 2 aromatic heterocycles. The molecule has 4 aromatic rings. The summed E-state index contributed by atoms with van der Waals surface area (Å²) in [5, 5.41) is 5.03. The number of nitrogens with zero attached hydrogens (tertiary/aromatic N) is 1. The lowest BCUT2D eigenvalue weighted by atomic mass is 9.89. The van der Waals surface area contributed by atoms with Gasteiger partial charge in [-0.1, -0.05) is 41.6 Å². The third-order valence-electron chi connectivity index (χ3n) is 5.99. The lowest BCUT2D eigenvalue weighted by molar-refractivity contribution is -0.137. The molecule has 5 nitrogen and oxygen atoms in total. The predicted molar refractivity (Wildman–Crippen MR) is 138 cm³/mol. The number of hydrogen-bond donors (Lipinski definition) is 2. The molecule has 0 saturated heterocycles. The number of halogens is 4. The van der Waals surface area contributed by atoms with Crippen LogP contribution in [0.1, 0.15) is 29.5 Å². The average Bonchev–Trinajstić information content (AvgIpc) is 3.28. The minimum absolute atomic E-state index is 0.0115. The number of alkyl halides is 3. The Hall–Kier alpha value is -2.82. The monoisotopic (exact) mass is 549 g/mol. The fraction of sp³-hybridized carbons (Fsp3) is 0.240. The van der Waals surface area contributed by atoms with Gasteiger partial charge >= 0.3 is 6.18 Å². The van der Waals surface area contributed by atoms with Gasteiger partial charge in [-0.15, -0.1) is 11.3 Å². The number of rotatable bonds is 5. The standard InChI is InChI=1S/C25H19ClF3N3O2S2/c26-18-8-7-16(25(27,28)29)10-19(18)30-20(33)12-36-24-31-22(34)21-17(11-35-23(21)32-24)15-6-5-13-3-1-2-4-14(13)9-15/h5-11H,1-4,12H2,(H,30,33)(H,31,32,34). The molecule has 0 bridgehead atoms. The molecule has 1 aliphatic rings. The number of aryl methyl sites for hydroxylation is 2. The first kappa shape index (κ1) is 24.9. The van der Waals surface area contributed by atoms with E-state index in [2.05, 4.69) is 27.4 Å². The summed E-state index contributed by atoms with van der Waals surface area (Å²) < 4.78 is 38.9. The highest BCUT2D eigenvalue weighted by Gasteiger charge is 2.31. The number of hydrogen-bond acceptors (Lipinski definition) is 5. The third-order valence-corrected chi connectivity index (χ3v) is 8.06. The van der Waals surface area contributed by atoms with Crippen LogP contribution in [0.2, 0.25) is 5.02 Å². The summed E-state index contributed by atoms with van der Waals surface area (Å²) in [6.07, 6.45) is -0.0825. The molecule has 0 unspecified atom stereocenters. The van der Waals surface area contributed by atoms with Gasteiger partial charge in [0.15, 0.2) is 5.16 Å². The van der Waals surface area contributed by atoms with Crippen LogP contribution in [0.3, 0.4) is 0 Å². The van der Waals surface area contributed by atoms with E-state index in [1.54, 1.807) is 0 Å². The van der Waals surface area contributed by atoms with E-state index in [1.165, 1.54) is 28.9 Å². The molecule has 36 heavy (non-hydrogen) atoms. The van der Waals surface area contributed by atoms with Gasteiger partial charge in [-0.3, -0.25) is 9.59 Å². The second kappa shape index (κ2) is 9.91. The summed E-state index contributed by atoms with van der Waals surface area (Å²) in [6.45, 7) is 0. The van der Waals surface area contributed by atoms with Crippen molar-refractivity contribution in [1.82, 2.24) is 9.97 Å². The van der Waals surface area contributed by atoms with Crippen LogP contribution in [0.25, 0.3) is 21.3 Å². The number of carbonyl (C=O) groups excluding carboxylic acids is 1. The summed E-state index contributed by atoms with van der Waals surface area (Å²) in [4.78, 5) is 33.0. The number of benzene rings is 2. The lowest BCUT2D eigenvalue weighted by Gasteiger charge is -2.16. The molecule has 1 amide bonds. The summed E-state index contributed by atoms with van der Waals surface area (Å²) in [7, 11) is 0. The Labute approximate surface area is 217 Å². The molecule has 2 aromatic carbocycles. The van der Waals surface area contributed by atoms with Crippen LogP contribution in [-0.2, 0) is 23.8 Å². The van der Waals surface area contributed by atoms with Gasteiger partial charge in [0.05, 0.1) is 27.4 Å². The molecule has 2 heterocycles. The molecule has 2 N–H and O–H groups in total. The van der Waals surface area contributed by atoms with Gasteiger partial charge in [0.1, 0.15) is 4.83 Å². The summed E-state index contributed by atoms with van der Waals surface area (Å²) in [5.41, 5.74) is 3.12. The highest BCUT2D eigenvalue weighted by atomic mass is 35.5. The maximum Gasteiger partial charge on any atom is 0.416 e. The lowest BCUT2D eigenvalue weighted by Crippen LogP contribution is -2.16. The molecule has 186 valence electrons. The van der Waals surface area contributed by atoms with Crippen LogP contribution in [0.15, 0.2) is 51.7 Å². The SMILES string of the molecule is O=C(CSc1nc2scc(-c3ccc4c(c3)CCCC4)c2c(=O)[nH]1)Nc1cc(C(F)(F)F)ccc1Cl. The van der Waals surface area contributed by atoms with Crippen molar-refractivity contribution in [3.05, 3.63) is 73.8 Å². The Kier molecular flexibility index (Phi) is 6.84. The Morgan fingerprint density at radius 2 is 1.92 bits per heavy atom. The largest absolute Gasteiger partial charge is 0.416 e. The normalized spacial score (nSPS) is 13.6. The zero-order valence-electron chi connectivity index (χ0n) is 18.7. The van der Waals surface area contributed by atoms with Gasteiger partial charge < -0.3 is 10.3 Å². The van der Waals surface area contributed by atoms with E-state index in [0.29, 0.717) is 10.2 Å². The summed E-state index contributed by atoms with van der Waals surface area (Å²) in [6, 6.07) is 9.03. The molecular formula is C25H19ClF3N3O2S2. The number of aromatic nitrogens is 2. The van der Waals surface area contributed by atoms with Gasteiger partial charge in [-0.2, -0.15) is 13.2 Å². The highest BCUT2D eigenvalue weighted by Crippen LogP contribution is 2.35. The molecule has 0 spiro atoms. The Morgan fingerprint density at radius 3 is 2.69 bits per heavy atom. The van der Waals surface area contributed by atoms with E-state index in [-0.39, 0.29) is 27.2 Å². The van der Waals surface area contributed by atoms with Gasteiger partial charge in [0.2, 0.25) is 5.91 Å². The molecular weight excluding hydrogens is 531 g/mol. The molecule has 0 fully saturated rings. The van der Waals surface area contributed by atoms with Gasteiger partial charge in [0.25, 0.3) is 5.56 Å². The van der Waals surface area contributed by atoms with Crippen LogP contribution in [0, 0.1) is 0 Å². The Morgan fingerprint density at radius 1 is 1.14 bits per heavy atom. The molecule has 0 saturated carbocycles. The molecule has 11 heteroatoms. The number of H-pyrrole nitrogens is 1. The van der Waals surface area contributed by atoms with Crippen molar-refractivity contribution in [2.75, 3.05) is 11.1 Å². The maximum absolute atomic E-state index is 13.0. The highest BCUT2D eigenvalue weighted by molar-refractivity contribution is 7.99. The maximum atomic E-state index is 13.0. The van der Waals surface area contributed by atoms with E-state index in [4.69, 9.17) is 11.6 Å². The van der Waals surface area contributed by atoms with E-state index >= 15 is 0 Å². The first-order valence-electron chi connectivity index (χ1n) is 11.1. The van der Waals surface area contributed by atoms with E-state index in [1.807, 2.05) is 11.4 Å². The van der Waals surface area contributed by atoms with Crippen LogP contribution < -0.4 is 10.9 Å². The first-order chi connectivity index (χ1) is 17.2. The number of thioether (sulfide) groups is 1. The minimum atomic E-state index is -4.56. The number of amides is 1. The minimum Gasteiger partial charge on any atom is -0.324 e. The third kappa shape index (κ3) is 5.16. The number of thiophene rings is 1. The molecule has 1 aliphatic carbocycles. The van der Waals surface area contributed by atoms with Crippen LogP contribution in [-0.4, -0.2) is 21.6 Å². The van der Waals surface area contributed by atoms with Crippen molar-refractivity contribution in [3.8, 4) is 11.1 Å². The van der Waals surface area contributed by atoms with Crippen molar-refractivity contribution >= 4 is 56.5 Å². The van der Waals surface area contributed by atoms with Crippen molar-refractivity contribution in [2.45, 2.75) is 37.0 Å². The van der Waals surface area contributed by atoms with Crippen molar-refractivity contribution in [2.24, 2.45) is 0 Å². The van der Waals surface area contributed by atoms with E-state index in [0.717, 1.165) is 60.4 Å². The topological polar surface area (TPSA) is 74.8 Å². The number of nitrogens with one attached hydrogen (secondary N) is 2. The van der Waals surface area contributed by atoms with Crippen molar-refractivity contribution < 1.29 is 18.0 Å². The van der Waals surface area contributed by atoms with Gasteiger partial charge in [-0.25, -0.2) is 4.98 Å². The molecule has 0 aliphatic heterocycles. The van der Waals surface area contributed by atoms with Crippen molar-refractivity contribution in [1.29, 1.82) is 0 Å². The first-order valence-corrected chi connectivity index (χ1v) is 13.4. The number of fused-ring (bicyclic) bond motifs is 2. The Balaban J connectivity index is 1.32. The smallest absolute Gasteiger partial charge is 0.324 e. The molecule has 0 radical (unpaired) electrons. The zero-order valence-corrected chi connectivity index (χ0v) is 21.1. The molecule has 0 atom stereocenters. The molecule has 5 rings (SSSR count). The number of aromatic amines is 1. The van der Waals surface area contributed by atoms with Crippen molar-refractivity contribution in [3.63, 3.8) is 0 Å². The van der Waals surface area contributed by atoms with Crippen LogP contribution in [0.4, 0.5) is 18.9 Å². The number of anilines is 1. The van der Waals surface area contributed by atoms with E-state index in [9.17, 15) is 22.8 Å². The average molecular weight is 550 g/mol. The second-order valence-electron chi connectivity index (χ2n) is 8.42. The van der Waals surface area contributed by atoms with E-state index < -0.39 is 17.6 Å². The van der Waals surface area contributed by atoms with Gasteiger partial charge in [-0.05, 0) is 60.6 Å². The van der Waals surface area contributed by atoms with Gasteiger partial charge in [0, 0.05) is 10.9 Å². The fourth-order valence-electron chi connectivity index (χ4n) is 4.23. The zero-order chi connectivity index (χ0) is 25.4. The summed E-state index contributed by atoms with van der Waals surface area (Å²) >= 11 is 8.27.